The molecule has 5 unspecified atom stereocenters. The quantitative estimate of drug-likeness (QED) is 0.472. The fourth-order valence-electron chi connectivity index (χ4n) is 2.30. The largest absolute Gasteiger partial charge is 0.390 e. The summed E-state index contributed by atoms with van der Waals surface area (Å²) < 4.78 is 0. The second-order valence-corrected chi connectivity index (χ2v) is 4.22. The molecule has 0 heterocycles. The maximum Gasteiger partial charge on any atom is 0.0830 e. The van der Waals surface area contributed by atoms with E-state index in [0.717, 1.165) is 12.8 Å². The molecule has 3 radical (unpaired) electrons. The molecule has 3 heteroatoms. The molecule has 2 bridgehead atoms. The Morgan fingerprint density at radius 2 is 1.80 bits per heavy atom. The van der Waals surface area contributed by atoms with Crippen molar-refractivity contribution in [2.45, 2.75) is 30.6 Å². The van der Waals surface area contributed by atoms with Crippen molar-refractivity contribution >= 4 is 10.2 Å². The van der Waals surface area contributed by atoms with Crippen LogP contribution in [0.15, 0.2) is 0 Å². The molecule has 2 aliphatic rings. The van der Waals surface area contributed by atoms with Gasteiger partial charge in [0.2, 0.25) is 0 Å². The van der Waals surface area contributed by atoms with Crippen LogP contribution in [0.25, 0.3) is 0 Å². The third-order valence-electron chi connectivity index (χ3n) is 2.92. The third-order valence-corrected chi connectivity index (χ3v) is 3.58. The van der Waals surface area contributed by atoms with E-state index in [1.807, 2.05) is 0 Å². The minimum absolute atomic E-state index is 0.302. The molecule has 5 atom stereocenters. The molecule has 10 heavy (non-hydrogen) atoms. The van der Waals surface area contributed by atoms with Gasteiger partial charge in [-0.15, -0.1) is 0 Å². The molecule has 0 saturated heterocycles. The fraction of sp³-hybridized carbons (Fsp3) is 1.00. The zero-order valence-electron chi connectivity index (χ0n) is 5.70. The molecule has 0 amide bonds. The highest BCUT2D eigenvalue weighted by molar-refractivity contribution is 6.12. The van der Waals surface area contributed by atoms with Crippen molar-refractivity contribution in [3.8, 4) is 0 Å². The Kier molecular flexibility index (Phi) is 1.41. The number of aliphatic hydroxyl groups excluding tert-OH is 2. The number of fused-ring (bicyclic) bond motifs is 2. The molecular weight excluding hydrogens is 144 g/mol. The summed E-state index contributed by atoms with van der Waals surface area (Å²) >= 11 is 0. The summed E-state index contributed by atoms with van der Waals surface area (Å²) in [6.07, 6.45) is 1.11. The zero-order valence-corrected chi connectivity index (χ0v) is 6.70. The van der Waals surface area contributed by atoms with E-state index in [2.05, 4.69) is 10.2 Å². The van der Waals surface area contributed by atoms with Crippen molar-refractivity contribution in [3.05, 3.63) is 0 Å². The van der Waals surface area contributed by atoms with Gasteiger partial charge >= 0.3 is 0 Å². The smallest absolute Gasteiger partial charge is 0.0830 e. The van der Waals surface area contributed by atoms with Gasteiger partial charge in [0.15, 0.2) is 0 Å². The molecule has 0 aromatic carbocycles. The van der Waals surface area contributed by atoms with E-state index in [-0.39, 0.29) is 0 Å². The fourth-order valence-corrected chi connectivity index (χ4v) is 2.94. The van der Waals surface area contributed by atoms with Gasteiger partial charge in [-0.05, 0) is 30.2 Å². The van der Waals surface area contributed by atoms with Crippen molar-refractivity contribution in [3.63, 3.8) is 0 Å². The molecule has 2 aliphatic carbocycles. The van der Waals surface area contributed by atoms with E-state index in [9.17, 15) is 10.2 Å². The maximum absolute atomic E-state index is 9.38. The SMILES string of the molecule is OC1C2CC([Si])C(C2)C1O. The minimum Gasteiger partial charge on any atom is -0.390 e. The van der Waals surface area contributed by atoms with E-state index in [1.54, 1.807) is 0 Å². The zero-order chi connectivity index (χ0) is 7.30. The van der Waals surface area contributed by atoms with Crippen molar-refractivity contribution in [2.24, 2.45) is 11.8 Å². The Bertz CT molecular complexity index is 149. The standard InChI is InChI=1S/C7H11O2Si/c8-6-3-1-4(7(6)9)5(10)2-3/h3-9H,1-2H2. The highest BCUT2D eigenvalue weighted by atomic mass is 28.1. The van der Waals surface area contributed by atoms with Gasteiger partial charge in [0, 0.05) is 10.2 Å². The van der Waals surface area contributed by atoms with Crippen LogP contribution in [-0.2, 0) is 0 Å². The third kappa shape index (κ3) is 0.711. The molecule has 0 aromatic rings. The average Bonchev–Trinajstić information content (AvgIpc) is 2.36. The van der Waals surface area contributed by atoms with Crippen LogP contribution in [0.5, 0.6) is 0 Å². The Morgan fingerprint density at radius 1 is 1.10 bits per heavy atom. The summed E-state index contributed by atoms with van der Waals surface area (Å²) in [7, 11) is 3.54. The van der Waals surface area contributed by atoms with Crippen molar-refractivity contribution in [1.82, 2.24) is 0 Å². The molecule has 0 spiro atoms. The molecular formula is C7H11O2Si. The van der Waals surface area contributed by atoms with Crippen LogP contribution in [0.3, 0.4) is 0 Å². The van der Waals surface area contributed by atoms with Gasteiger partial charge in [0.25, 0.3) is 0 Å². The number of rotatable bonds is 0. The highest BCUT2D eigenvalue weighted by Crippen LogP contribution is 2.50. The van der Waals surface area contributed by atoms with Crippen LogP contribution in [0, 0.1) is 11.8 Å². The lowest BCUT2D eigenvalue weighted by atomic mass is 9.94. The van der Waals surface area contributed by atoms with Gasteiger partial charge in [-0.2, -0.15) is 0 Å². The Balaban J connectivity index is 2.16. The molecule has 2 N–H and O–H groups in total. The van der Waals surface area contributed by atoms with Crippen molar-refractivity contribution < 1.29 is 10.2 Å². The molecule has 2 saturated carbocycles. The predicted molar refractivity (Wildman–Crippen MR) is 37.7 cm³/mol. The summed E-state index contributed by atoms with van der Waals surface area (Å²) in [5.74, 6) is 0.652. The summed E-state index contributed by atoms with van der Waals surface area (Å²) in [5, 5.41) is 18.7. The molecule has 0 aliphatic heterocycles. The molecule has 55 valence electrons. The van der Waals surface area contributed by atoms with Gasteiger partial charge < -0.3 is 10.2 Å². The van der Waals surface area contributed by atoms with E-state index < -0.39 is 12.2 Å². The van der Waals surface area contributed by atoms with Crippen LogP contribution < -0.4 is 0 Å². The Hall–Kier alpha value is 0.137. The monoisotopic (exact) mass is 155 g/mol. The number of aliphatic hydroxyl groups is 2. The van der Waals surface area contributed by atoms with E-state index >= 15 is 0 Å². The average molecular weight is 155 g/mol. The lowest BCUT2D eigenvalue weighted by Gasteiger charge is -2.26. The normalized spacial score (nSPS) is 59.7. The summed E-state index contributed by atoms with van der Waals surface area (Å²) in [5.41, 5.74) is 0.434. The first-order valence-corrected chi connectivity index (χ1v) is 4.35. The first kappa shape index (κ1) is 6.82. The van der Waals surface area contributed by atoms with Gasteiger partial charge in [0.05, 0.1) is 12.2 Å². The van der Waals surface area contributed by atoms with Gasteiger partial charge in [-0.25, -0.2) is 0 Å². The first-order valence-electron chi connectivity index (χ1n) is 3.77. The molecule has 2 nitrogen and oxygen atoms in total. The van der Waals surface area contributed by atoms with Crippen LogP contribution in [-0.4, -0.2) is 32.7 Å². The van der Waals surface area contributed by atoms with Gasteiger partial charge in [-0.3, -0.25) is 0 Å². The summed E-state index contributed by atoms with van der Waals surface area (Å²) in [6.45, 7) is 0. The summed E-state index contributed by atoms with van der Waals surface area (Å²) in [6, 6.07) is 0. The Labute approximate surface area is 63.7 Å². The predicted octanol–water partition coefficient (Wildman–Crippen LogP) is -0.295. The molecule has 2 fully saturated rings. The van der Waals surface area contributed by atoms with Gasteiger partial charge in [0.1, 0.15) is 0 Å². The highest BCUT2D eigenvalue weighted by Gasteiger charge is 2.49. The second-order valence-electron chi connectivity index (χ2n) is 3.48. The van der Waals surface area contributed by atoms with E-state index in [4.69, 9.17) is 0 Å². The van der Waals surface area contributed by atoms with Gasteiger partial charge in [-0.1, -0.05) is 0 Å². The molecule has 2 rings (SSSR count). The maximum atomic E-state index is 9.38. The molecule has 0 aromatic heterocycles. The number of hydrogen-bond acceptors (Lipinski definition) is 2. The van der Waals surface area contributed by atoms with Crippen LogP contribution in [0.1, 0.15) is 12.8 Å². The van der Waals surface area contributed by atoms with E-state index in [0.29, 0.717) is 17.4 Å². The van der Waals surface area contributed by atoms with Crippen molar-refractivity contribution in [2.75, 3.05) is 0 Å². The lowest BCUT2D eigenvalue weighted by molar-refractivity contribution is -0.0156. The first-order chi connectivity index (χ1) is 4.70. The van der Waals surface area contributed by atoms with E-state index in [1.165, 1.54) is 0 Å². The minimum atomic E-state index is -0.471. The van der Waals surface area contributed by atoms with Crippen LogP contribution >= 0.6 is 0 Å². The number of hydrogen-bond donors (Lipinski definition) is 2. The van der Waals surface area contributed by atoms with Crippen molar-refractivity contribution in [1.29, 1.82) is 0 Å². The lowest BCUT2D eigenvalue weighted by Crippen LogP contribution is -2.34. The summed E-state index contributed by atoms with van der Waals surface area (Å²) in [4.78, 5) is 0. The second kappa shape index (κ2) is 2.06. The van der Waals surface area contributed by atoms with Crippen LogP contribution in [0.4, 0.5) is 0 Å². The topological polar surface area (TPSA) is 40.5 Å². The van der Waals surface area contributed by atoms with Crippen LogP contribution in [0.2, 0.25) is 5.54 Å². The Morgan fingerprint density at radius 3 is 2.20 bits per heavy atom.